The van der Waals surface area contributed by atoms with E-state index in [9.17, 15) is 14.7 Å². The molecule has 0 spiro atoms. The van der Waals surface area contributed by atoms with Crippen LogP contribution in [0.15, 0.2) is 53.5 Å². The highest BCUT2D eigenvalue weighted by Gasteiger charge is 2.24. The summed E-state index contributed by atoms with van der Waals surface area (Å²) in [5, 5.41) is 10.2. The predicted molar refractivity (Wildman–Crippen MR) is 142 cm³/mol. The van der Waals surface area contributed by atoms with E-state index in [1.54, 1.807) is 70.4 Å². The highest BCUT2D eigenvalue weighted by atomic mass is 35.5. The fourth-order valence-corrected chi connectivity index (χ4v) is 3.87. The molecule has 0 aliphatic rings. The maximum absolute atomic E-state index is 12.7. The second kappa shape index (κ2) is 11.2. The van der Waals surface area contributed by atoms with Gasteiger partial charge >= 0.3 is 6.09 Å². The molecule has 2 aromatic carbocycles. The van der Waals surface area contributed by atoms with Crippen molar-refractivity contribution in [2.24, 2.45) is 7.05 Å². The minimum atomic E-state index is -0.702. The molecule has 0 saturated heterocycles. The number of nitrogens with zero attached hydrogens (tertiary/aromatic N) is 2. The van der Waals surface area contributed by atoms with Gasteiger partial charge in [0.05, 0.1) is 18.2 Å². The van der Waals surface area contributed by atoms with Crippen molar-refractivity contribution in [2.45, 2.75) is 32.9 Å². The second-order valence-corrected chi connectivity index (χ2v) is 10.1. The molecule has 10 heteroatoms. The molecule has 0 atom stereocenters. The molecule has 1 amide bonds. The molecule has 0 saturated carbocycles. The summed E-state index contributed by atoms with van der Waals surface area (Å²) in [7, 11) is 1.62. The Labute approximate surface area is 219 Å². The van der Waals surface area contributed by atoms with Crippen molar-refractivity contribution in [3.8, 4) is 22.6 Å². The molecule has 3 N–H and O–H groups in total. The van der Waals surface area contributed by atoms with Gasteiger partial charge in [0.1, 0.15) is 17.1 Å². The third-order valence-electron chi connectivity index (χ3n) is 5.10. The van der Waals surface area contributed by atoms with Gasteiger partial charge in [0, 0.05) is 53.3 Å². The van der Waals surface area contributed by atoms with E-state index >= 15 is 0 Å². The summed E-state index contributed by atoms with van der Waals surface area (Å²) in [5.74, 6) is 0.858. The van der Waals surface area contributed by atoms with Gasteiger partial charge in [-0.25, -0.2) is 4.79 Å². The van der Waals surface area contributed by atoms with E-state index in [1.165, 1.54) is 15.5 Å². The third kappa shape index (κ3) is 6.94. The van der Waals surface area contributed by atoms with Gasteiger partial charge in [0.2, 0.25) is 0 Å². The van der Waals surface area contributed by atoms with Crippen LogP contribution in [-0.2, 0) is 18.3 Å². The van der Waals surface area contributed by atoms with E-state index in [1.807, 2.05) is 0 Å². The lowest BCUT2D eigenvalue weighted by atomic mass is 10.1. The number of carbonyl (C=O) groups is 1. The van der Waals surface area contributed by atoms with E-state index in [4.69, 9.17) is 38.4 Å². The summed E-state index contributed by atoms with van der Waals surface area (Å²) in [6.07, 6.45) is 1.04. The van der Waals surface area contributed by atoms with Crippen LogP contribution in [0.2, 0.25) is 10.0 Å². The molecule has 0 aliphatic heterocycles. The number of nitrogens with two attached hydrogens (primary N) is 1. The van der Waals surface area contributed by atoms with Crippen molar-refractivity contribution in [3.05, 3.63) is 74.6 Å². The van der Waals surface area contributed by atoms with Gasteiger partial charge in [-0.15, -0.1) is 0 Å². The first-order valence-corrected chi connectivity index (χ1v) is 11.9. The Bertz CT molecular complexity index is 1320. The Morgan fingerprint density at radius 2 is 1.78 bits per heavy atom. The Balaban J connectivity index is 2.02. The number of pyridine rings is 1. The van der Waals surface area contributed by atoms with Gasteiger partial charge < -0.3 is 29.8 Å². The minimum Gasteiger partial charge on any atom is -0.456 e. The lowest BCUT2D eigenvalue weighted by Gasteiger charge is -2.27. The monoisotopic (exact) mass is 533 g/mol. The smallest absolute Gasteiger partial charge is 0.410 e. The van der Waals surface area contributed by atoms with Gasteiger partial charge in [-0.3, -0.25) is 4.79 Å². The summed E-state index contributed by atoms with van der Waals surface area (Å²) in [5.41, 5.74) is 7.31. The number of hydrogen-bond acceptors (Lipinski definition) is 6. The number of anilines is 1. The Morgan fingerprint density at radius 3 is 2.44 bits per heavy atom. The third-order valence-corrected chi connectivity index (χ3v) is 5.64. The van der Waals surface area contributed by atoms with Gasteiger partial charge in [-0.05, 0) is 57.2 Å². The maximum Gasteiger partial charge on any atom is 0.410 e. The van der Waals surface area contributed by atoms with Crippen molar-refractivity contribution in [2.75, 3.05) is 18.9 Å². The molecule has 1 aromatic heterocycles. The Morgan fingerprint density at radius 1 is 1.08 bits per heavy atom. The molecule has 8 nitrogen and oxygen atoms in total. The molecule has 0 unspecified atom stereocenters. The van der Waals surface area contributed by atoms with Crippen molar-refractivity contribution < 1.29 is 19.4 Å². The minimum absolute atomic E-state index is 0.0572. The Kier molecular flexibility index (Phi) is 8.55. The number of halogens is 2. The molecular formula is C26H29Cl2N3O5. The van der Waals surface area contributed by atoms with Crippen LogP contribution in [-0.4, -0.2) is 39.4 Å². The molecule has 3 rings (SSSR count). The Hall–Kier alpha value is -3.20. The van der Waals surface area contributed by atoms with Crippen LogP contribution in [0.5, 0.6) is 11.5 Å². The number of aryl methyl sites for hydroxylation is 1. The number of carbonyl (C=O) groups excluding carboxylic acids is 1. The van der Waals surface area contributed by atoms with E-state index in [2.05, 4.69) is 0 Å². The first-order valence-electron chi connectivity index (χ1n) is 11.2. The van der Waals surface area contributed by atoms with Crippen LogP contribution in [0.25, 0.3) is 11.1 Å². The second-order valence-electron chi connectivity index (χ2n) is 9.22. The van der Waals surface area contributed by atoms with E-state index in [0.717, 1.165) is 0 Å². The highest BCUT2D eigenvalue weighted by Crippen LogP contribution is 2.39. The lowest BCUT2D eigenvalue weighted by Crippen LogP contribution is -2.38. The lowest BCUT2D eigenvalue weighted by molar-refractivity contribution is 0.0201. The van der Waals surface area contributed by atoms with Crippen LogP contribution < -0.4 is 16.0 Å². The first-order chi connectivity index (χ1) is 16.9. The number of amides is 1. The van der Waals surface area contributed by atoms with E-state index in [-0.39, 0.29) is 30.3 Å². The first kappa shape index (κ1) is 27.4. The molecule has 36 heavy (non-hydrogen) atoms. The summed E-state index contributed by atoms with van der Waals surface area (Å²) in [4.78, 5) is 26.1. The average Bonchev–Trinajstić information content (AvgIpc) is 2.77. The number of aliphatic hydroxyl groups excluding tert-OH is 1. The zero-order valence-corrected chi connectivity index (χ0v) is 22.1. The largest absolute Gasteiger partial charge is 0.456 e. The summed E-state index contributed by atoms with van der Waals surface area (Å²) >= 11 is 12.7. The highest BCUT2D eigenvalue weighted by molar-refractivity contribution is 6.33. The van der Waals surface area contributed by atoms with Crippen molar-refractivity contribution in [1.82, 2.24) is 9.47 Å². The standard InChI is InChI=1S/C26H29Cl2N3O5/c1-26(2,3)36-25(34)31(9-10-32)14-16-11-17(27)5-7-22(16)35-23-8-6-18(29)12-19(23)20-15-30(4)24(33)13-21(20)28/h5-8,11-13,15,32H,9-10,14,29H2,1-4H3. The SMILES string of the molecule is Cn1cc(-c2cc(N)ccc2Oc2ccc(Cl)cc2CN(CCO)C(=O)OC(C)(C)C)c(Cl)cc1=O. The quantitative estimate of drug-likeness (QED) is 0.390. The van der Waals surface area contributed by atoms with Gasteiger partial charge in [0.15, 0.2) is 0 Å². The normalized spacial score (nSPS) is 11.3. The average molecular weight is 534 g/mol. The summed E-state index contributed by atoms with van der Waals surface area (Å²) < 4.78 is 13.2. The number of aromatic nitrogens is 1. The van der Waals surface area contributed by atoms with Crippen molar-refractivity contribution in [3.63, 3.8) is 0 Å². The van der Waals surface area contributed by atoms with Gasteiger partial charge in [0.25, 0.3) is 5.56 Å². The predicted octanol–water partition coefficient (Wildman–Crippen LogP) is 5.46. The molecule has 192 valence electrons. The topological polar surface area (TPSA) is 107 Å². The molecule has 1 heterocycles. The van der Waals surface area contributed by atoms with Crippen molar-refractivity contribution in [1.29, 1.82) is 0 Å². The number of ether oxygens (including phenoxy) is 2. The van der Waals surface area contributed by atoms with Crippen LogP contribution >= 0.6 is 23.2 Å². The van der Waals surface area contributed by atoms with Crippen LogP contribution in [0.3, 0.4) is 0 Å². The zero-order chi connectivity index (χ0) is 26.6. The van der Waals surface area contributed by atoms with Crippen LogP contribution in [0.1, 0.15) is 26.3 Å². The van der Waals surface area contributed by atoms with E-state index in [0.29, 0.717) is 38.9 Å². The molecule has 0 radical (unpaired) electrons. The molecule has 0 fully saturated rings. The summed E-state index contributed by atoms with van der Waals surface area (Å²) in [6.45, 7) is 5.19. The number of hydrogen-bond donors (Lipinski definition) is 2. The van der Waals surface area contributed by atoms with E-state index < -0.39 is 11.7 Å². The molecular weight excluding hydrogens is 505 g/mol. The van der Waals surface area contributed by atoms with Gasteiger partial charge in [-0.2, -0.15) is 0 Å². The zero-order valence-electron chi connectivity index (χ0n) is 20.5. The fraction of sp³-hybridized carbons (Fsp3) is 0.308. The number of benzene rings is 2. The maximum atomic E-state index is 12.7. The van der Waals surface area contributed by atoms with Crippen LogP contribution in [0.4, 0.5) is 10.5 Å². The molecule has 0 bridgehead atoms. The van der Waals surface area contributed by atoms with Crippen molar-refractivity contribution >= 4 is 35.0 Å². The number of rotatable bonds is 7. The molecule has 0 aliphatic carbocycles. The number of aliphatic hydroxyl groups is 1. The number of nitrogen functional groups attached to an aromatic ring is 1. The van der Waals surface area contributed by atoms with Gasteiger partial charge in [-0.1, -0.05) is 23.2 Å². The fourth-order valence-electron chi connectivity index (χ4n) is 3.43. The van der Waals surface area contributed by atoms with Crippen LogP contribution in [0, 0.1) is 0 Å². The molecule has 3 aromatic rings. The summed E-state index contributed by atoms with van der Waals surface area (Å²) in [6, 6.07) is 11.4.